The molecule has 4 nitrogen and oxygen atoms in total. The molecule has 1 aliphatic heterocycles. The monoisotopic (exact) mass is 373 g/mol. The van der Waals surface area contributed by atoms with Gasteiger partial charge in [-0.2, -0.15) is 0 Å². The third-order valence-corrected chi connectivity index (χ3v) is 5.28. The molecule has 6 heteroatoms. The SMILES string of the molecule is Cc1cc(F)ccc1C(=O)Nc1cccc(N(C)C2CCN(C)CC2)c1F. The van der Waals surface area contributed by atoms with Gasteiger partial charge in [-0.3, -0.25) is 4.79 Å². The molecule has 2 aromatic carbocycles. The highest BCUT2D eigenvalue weighted by atomic mass is 19.1. The van der Waals surface area contributed by atoms with E-state index in [-0.39, 0.29) is 11.7 Å². The van der Waals surface area contributed by atoms with Crippen molar-refractivity contribution >= 4 is 17.3 Å². The van der Waals surface area contributed by atoms with E-state index in [2.05, 4.69) is 17.3 Å². The Balaban J connectivity index is 1.79. The number of aryl methyl sites for hydroxylation is 1. The third kappa shape index (κ3) is 4.27. The van der Waals surface area contributed by atoms with Crippen LogP contribution >= 0.6 is 0 Å². The Morgan fingerprint density at radius 1 is 1.19 bits per heavy atom. The van der Waals surface area contributed by atoms with E-state index in [0.29, 0.717) is 16.8 Å². The lowest BCUT2D eigenvalue weighted by atomic mass is 10.0. The highest BCUT2D eigenvalue weighted by molar-refractivity contribution is 6.05. The Morgan fingerprint density at radius 3 is 2.56 bits per heavy atom. The molecule has 1 fully saturated rings. The number of nitrogens with one attached hydrogen (secondary N) is 1. The number of hydrogen-bond acceptors (Lipinski definition) is 3. The minimum atomic E-state index is -0.453. The molecule has 0 bridgehead atoms. The van der Waals surface area contributed by atoms with Crippen molar-refractivity contribution in [3.63, 3.8) is 0 Å². The topological polar surface area (TPSA) is 35.6 Å². The maximum absolute atomic E-state index is 15.1. The van der Waals surface area contributed by atoms with E-state index in [4.69, 9.17) is 0 Å². The first kappa shape index (κ1) is 19.3. The Kier molecular flexibility index (Phi) is 5.75. The zero-order chi connectivity index (χ0) is 19.6. The number of benzene rings is 2. The minimum Gasteiger partial charge on any atom is -0.369 e. The maximum atomic E-state index is 15.1. The van der Waals surface area contributed by atoms with Crippen LogP contribution in [0, 0.1) is 18.6 Å². The Bertz CT molecular complexity index is 832. The summed E-state index contributed by atoms with van der Waals surface area (Å²) in [5.74, 6) is -1.31. The summed E-state index contributed by atoms with van der Waals surface area (Å²) in [6, 6.07) is 9.19. The van der Waals surface area contributed by atoms with Crippen LogP contribution < -0.4 is 10.2 Å². The average Bonchev–Trinajstić information content (AvgIpc) is 2.63. The van der Waals surface area contributed by atoms with Crippen LogP contribution in [0.5, 0.6) is 0 Å². The number of nitrogens with zero attached hydrogens (tertiary/aromatic N) is 2. The largest absolute Gasteiger partial charge is 0.369 e. The second-order valence-electron chi connectivity index (χ2n) is 7.20. The van der Waals surface area contributed by atoms with Gasteiger partial charge in [0, 0.05) is 18.7 Å². The van der Waals surface area contributed by atoms with E-state index < -0.39 is 17.5 Å². The molecule has 0 spiro atoms. The van der Waals surface area contributed by atoms with Gasteiger partial charge in [0.1, 0.15) is 5.82 Å². The van der Waals surface area contributed by atoms with Crippen molar-refractivity contribution in [2.75, 3.05) is 37.4 Å². The van der Waals surface area contributed by atoms with Crippen LogP contribution in [-0.2, 0) is 0 Å². The van der Waals surface area contributed by atoms with Crippen LogP contribution in [0.25, 0.3) is 0 Å². The molecule has 0 atom stereocenters. The van der Waals surface area contributed by atoms with Crippen LogP contribution in [0.1, 0.15) is 28.8 Å². The van der Waals surface area contributed by atoms with E-state index >= 15 is 4.39 Å². The smallest absolute Gasteiger partial charge is 0.256 e. The molecule has 1 saturated heterocycles. The summed E-state index contributed by atoms with van der Waals surface area (Å²) >= 11 is 0. The lowest BCUT2D eigenvalue weighted by molar-refractivity contribution is 0.102. The van der Waals surface area contributed by atoms with E-state index in [9.17, 15) is 9.18 Å². The number of piperidine rings is 1. The quantitative estimate of drug-likeness (QED) is 0.878. The average molecular weight is 373 g/mol. The molecule has 3 rings (SSSR count). The molecule has 27 heavy (non-hydrogen) atoms. The molecule has 1 heterocycles. The van der Waals surface area contributed by atoms with Crippen molar-refractivity contribution < 1.29 is 13.6 Å². The lowest BCUT2D eigenvalue weighted by Gasteiger charge is -2.36. The van der Waals surface area contributed by atoms with Gasteiger partial charge < -0.3 is 15.1 Å². The van der Waals surface area contributed by atoms with Crippen molar-refractivity contribution in [3.8, 4) is 0 Å². The number of hydrogen-bond donors (Lipinski definition) is 1. The van der Waals surface area contributed by atoms with Gasteiger partial charge in [-0.25, -0.2) is 8.78 Å². The highest BCUT2D eigenvalue weighted by Crippen LogP contribution is 2.29. The molecular weight excluding hydrogens is 348 g/mol. The van der Waals surface area contributed by atoms with Crippen LogP contribution in [0.2, 0.25) is 0 Å². The standard InChI is InChI=1S/C21H25F2N3O/c1-14-13-15(22)7-8-17(14)21(27)24-18-5-4-6-19(20(18)23)26(3)16-9-11-25(2)12-10-16/h4-8,13,16H,9-12H2,1-3H3,(H,24,27). The van der Waals surface area contributed by atoms with E-state index in [1.165, 1.54) is 24.3 Å². The number of carbonyl (C=O) groups is 1. The zero-order valence-electron chi connectivity index (χ0n) is 15.9. The minimum absolute atomic E-state index is 0.126. The number of anilines is 2. The number of likely N-dealkylation sites (tertiary alicyclic amines) is 1. The fourth-order valence-corrected chi connectivity index (χ4v) is 3.54. The molecular formula is C21H25F2N3O. The molecule has 1 aliphatic rings. The fraction of sp³-hybridized carbons (Fsp3) is 0.381. The van der Waals surface area contributed by atoms with Gasteiger partial charge in [0.25, 0.3) is 5.91 Å². The molecule has 2 aromatic rings. The summed E-state index contributed by atoms with van der Waals surface area (Å²) in [4.78, 5) is 16.7. The van der Waals surface area contributed by atoms with Crippen molar-refractivity contribution in [2.24, 2.45) is 0 Å². The van der Waals surface area contributed by atoms with E-state index in [1.807, 2.05) is 11.9 Å². The number of amides is 1. The van der Waals surface area contributed by atoms with Gasteiger partial charge >= 0.3 is 0 Å². The number of rotatable bonds is 4. The molecule has 1 N–H and O–H groups in total. The number of carbonyl (C=O) groups excluding carboxylic acids is 1. The molecule has 0 saturated carbocycles. The molecule has 0 aromatic heterocycles. The van der Waals surface area contributed by atoms with Crippen LogP contribution in [-0.4, -0.2) is 44.0 Å². The van der Waals surface area contributed by atoms with Gasteiger partial charge in [0.15, 0.2) is 5.82 Å². The van der Waals surface area contributed by atoms with Crippen molar-refractivity contribution in [1.29, 1.82) is 0 Å². The maximum Gasteiger partial charge on any atom is 0.256 e. The first-order valence-electron chi connectivity index (χ1n) is 9.14. The summed E-state index contributed by atoms with van der Waals surface area (Å²) in [6.45, 7) is 3.62. The molecule has 0 unspecified atom stereocenters. The summed E-state index contributed by atoms with van der Waals surface area (Å²) in [7, 11) is 3.98. The molecule has 0 aliphatic carbocycles. The van der Waals surface area contributed by atoms with Crippen molar-refractivity contribution in [2.45, 2.75) is 25.8 Å². The zero-order valence-corrected chi connectivity index (χ0v) is 15.9. The summed E-state index contributed by atoms with van der Waals surface area (Å²) in [6.07, 6.45) is 1.94. The number of halogens is 2. The lowest BCUT2D eigenvalue weighted by Crippen LogP contribution is -2.42. The predicted octanol–water partition coefficient (Wildman–Crippen LogP) is 4.06. The Morgan fingerprint density at radius 2 is 1.89 bits per heavy atom. The van der Waals surface area contributed by atoms with Crippen LogP contribution in [0.3, 0.4) is 0 Å². The Labute approximate surface area is 158 Å². The van der Waals surface area contributed by atoms with Crippen LogP contribution in [0.4, 0.5) is 20.2 Å². The van der Waals surface area contributed by atoms with Crippen molar-refractivity contribution in [3.05, 3.63) is 59.2 Å². The summed E-state index contributed by atoms with van der Waals surface area (Å²) < 4.78 is 28.3. The van der Waals surface area contributed by atoms with Gasteiger partial charge in [-0.1, -0.05) is 6.07 Å². The van der Waals surface area contributed by atoms with Crippen LogP contribution in [0.15, 0.2) is 36.4 Å². The first-order chi connectivity index (χ1) is 12.9. The highest BCUT2D eigenvalue weighted by Gasteiger charge is 2.24. The molecule has 0 radical (unpaired) electrons. The Hall–Kier alpha value is -2.47. The fourth-order valence-electron chi connectivity index (χ4n) is 3.54. The van der Waals surface area contributed by atoms with Gasteiger partial charge in [-0.15, -0.1) is 0 Å². The second-order valence-corrected chi connectivity index (χ2v) is 7.20. The van der Waals surface area contributed by atoms with Gasteiger partial charge in [-0.05, 0) is 75.8 Å². The predicted molar refractivity (Wildman–Crippen MR) is 104 cm³/mol. The molecule has 1 amide bonds. The normalized spacial score (nSPS) is 15.6. The van der Waals surface area contributed by atoms with E-state index in [0.717, 1.165) is 25.9 Å². The van der Waals surface area contributed by atoms with Gasteiger partial charge in [0.2, 0.25) is 0 Å². The van der Waals surface area contributed by atoms with Gasteiger partial charge in [0.05, 0.1) is 11.4 Å². The van der Waals surface area contributed by atoms with Crippen molar-refractivity contribution in [1.82, 2.24) is 4.90 Å². The van der Waals surface area contributed by atoms with E-state index in [1.54, 1.807) is 19.1 Å². The summed E-state index contributed by atoms with van der Waals surface area (Å²) in [5.41, 5.74) is 1.43. The second kappa shape index (κ2) is 8.05. The molecule has 144 valence electrons. The first-order valence-corrected chi connectivity index (χ1v) is 9.14. The summed E-state index contributed by atoms with van der Waals surface area (Å²) in [5, 5.41) is 2.62. The third-order valence-electron chi connectivity index (χ3n) is 5.28.